The Morgan fingerprint density at radius 2 is 2.03 bits per heavy atom. The molecule has 2 bridgehead atoms. The molecule has 0 radical (unpaired) electrons. The van der Waals surface area contributed by atoms with E-state index >= 15 is 0 Å². The van der Waals surface area contributed by atoms with E-state index in [1.807, 2.05) is 20.0 Å². The fourth-order valence-electron chi connectivity index (χ4n) is 7.48. The number of phenols is 1. The van der Waals surface area contributed by atoms with Crippen molar-refractivity contribution in [1.29, 1.82) is 0 Å². The Labute approximate surface area is 216 Å². The average molecular weight is 517 g/mol. The summed E-state index contributed by atoms with van der Waals surface area (Å²) >= 11 is 0. The van der Waals surface area contributed by atoms with E-state index < -0.39 is 23.0 Å². The number of carboxylic acids is 1. The SMILES string of the molecule is CC(C)C(NC=O)C(=O)O.CCCC(=O)Oc1ccc2c(c1O)C13CC(=O)CCC1(O)C1N(C)CC21C3. The van der Waals surface area contributed by atoms with Crippen molar-refractivity contribution in [2.75, 3.05) is 13.6 Å². The van der Waals surface area contributed by atoms with Crippen LogP contribution in [0.2, 0.25) is 0 Å². The molecule has 2 spiro atoms. The predicted molar refractivity (Wildman–Crippen MR) is 132 cm³/mol. The van der Waals surface area contributed by atoms with Crippen LogP contribution in [-0.4, -0.2) is 75.6 Å². The van der Waals surface area contributed by atoms with Crippen LogP contribution in [0, 0.1) is 5.92 Å². The number of aliphatic carboxylic acids is 1. The molecule has 1 aliphatic heterocycles. The number of hydrogen-bond donors (Lipinski definition) is 4. The van der Waals surface area contributed by atoms with Crippen molar-refractivity contribution < 1.29 is 39.2 Å². The van der Waals surface area contributed by atoms with Gasteiger partial charge in [-0.2, -0.15) is 0 Å². The topological polar surface area (TPSA) is 153 Å². The van der Waals surface area contributed by atoms with Crippen LogP contribution < -0.4 is 10.1 Å². The normalized spacial score (nSPS) is 31.7. The zero-order chi connectivity index (χ0) is 27.3. The molecule has 37 heavy (non-hydrogen) atoms. The summed E-state index contributed by atoms with van der Waals surface area (Å²) in [5, 5.41) is 33.5. The largest absolute Gasteiger partial charge is 0.504 e. The van der Waals surface area contributed by atoms with Gasteiger partial charge in [0.05, 0.1) is 5.60 Å². The van der Waals surface area contributed by atoms with E-state index in [9.17, 15) is 29.4 Å². The molecule has 0 aromatic heterocycles. The van der Waals surface area contributed by atoms with Crippen LogP contribution in [0.25, 0.3) is 0 Å². The number of ether oxygens (including phenoxy) is 1. The lowest BCUT2D eigenvalue weighted by Gasteiger charge is -2.61. The predicted octanol–water partition coefficient (Wildman–Crippen LogP) is 1.63. The Balaban J connectivity index is 0.000000275. The van der Waals surface area contributed by atoms with Crippen molar-refractivity contribution in [2.24, 2.45) is 5.92 Å². The number of amides is 1. The molecule has 5 atom stereocenters. The summed E-state index contributed by atoms with van der Waals surface area (Å²) in [7, 11) is 2.01. The summed E-state index contributed by atoms with van der Waals surface area (Å²) < 4.78 is 5.39. The van der Waals surface area contributed by atoms with E-state index in [1.54, 1.807) is 19.9 Å². The standard InChI is InChI=1S/C21H25NO5.C6H11NO3/c1-3-4-15(24)27-14-6-5-13-16(17(14)25)20-9-12(23)7-8-21(20,26)18-19(13,10-20)11-22(18)2;1-4(2)5(6(9)10)7-3-8/h5-6,18,25-26H,3-4,7-11H2,1-2H3;3-5H,1-2H3,(H,7,8)(H,9,10). The maximum atomic E-state index is 12.4. The first kappa shape index (κ1) is 27.1. The van der Waals surface area contributed by atoms with Crippen LogP contribution in [0.4, 0.5) is 0 Å². The first-order valence-corrected chi connectivity index (χ1v) is 12.8. The first-order chi connectivity index (χ1) is 17.4. The van der Waals surface area contributed by atoms with Gasteiger partial charge in [0, 0.05) is 48.2 Å². The Kier molecular flexibility index (Phi) is 6.87. The number of rotatable bonds is 7. The number of nitrogens with zero attached hydrogens (tertiary/aromatic N) is 1. The summed E-state index contributed by atoms with van der Waals surface area (Å²) in [5.41, 5.74) is -0.399. The average Bonchev–Trinajstić information content (AvgIpc) is 3.19. The summed E-state index contributed by atoms with van der Waals surface area (Å²) in [6.07, 6.45) is 3.05. The molecule has 10 heteroatoms. The zero-order valence-corrected chi connectivity index (χ0v) is 21.7. The third-order valence-corrected chi connectivity index (χ3v) is 8.69. The van der Waals surface area contributed by atoms with Gasteiger partial charge in [-0.05, 0) is 43.9 Å². The van der Waals surface area contributed by atoms with Gasteiger partial charge in [0.2, 0.25) is 6.41 Å². The van der Waals surface area contributed by atoms with Gasteiger partial charge in [0.15, 0.2) is 11.5 Å². The molecule has 3 fully saturated rings. The van der Waals surface area contributed by atoms with Gasteiger partial charge in [0.1, 0.15) is 11.8 Å². The minimum atomic E-state index is -1.04. The van der Waals surface area contributed by atoms with E-state index in [-0.39, 0.29) is 53.5 Å². The number of nitrogens with one attached hydrogen (secondary N) is 1. The minimum Gasteiger partial charge on any atom is -0.504 e. The van der Waals surface area contributed by atoms with Crippen molar-refractivity contribution >= 4 is 24.1 Å². The van der Waals surface area contributed by atoms with Crippen LogP contribution in [0.3, 0.4) is 0 Å². The molecule has 4 N–H and O–H groups in total. The summed E-state index contributed by atoms with van der Waals surface area (Å²) in [4.78, 5) is 46.7. The van der Waals surface area contributed by atoms with Gasteiger partial charge in [-0.3, -0.25) is 19.3 Å². The molecule has 10 nitrogen and oxygen atoms in total. The van der Waals surface area contributed by atoms with Gasteiger partial charge in [-0.1, -0.05) is 26.8 Å². The highest BCUT2D eigenvalue weighted by Gasteiger charge is 2.81. The van der Waals surface area contributed by atoms with E-state index in [1.165, 1.54) is 0 Å². The van der Waals surface area contributed by atoms with Crippen molar-refractivity contribution in [3.8, 4) is 11.5 Å². The molecule has 4 aliphatic rings. The number of carbonyl (C=O) groups excluding carboxylic acids is 3. The number of carbonyl (C=O) groups is 4. The van der Waals surface area contributed by atoms with Crippen molar-refractivity contribution in [3.63, 3.8) is 0 Å². The molecule has 202 valence electrons. The van der Waals surface area contributed by atoms with Crippen LogP contribution >= 0.6 is 0 Å². The molecule has 1 amide bonds. The Bertz CT molecular complexity index is 1140. The number of ketones is 1. The number of phenolic OH excluding ortho intramolecular Hbond substituents is 1. The number of likely N-dealkylation sites (N-methyl/N-ethyl adjacent to an activating group) is 1. The van der Waals surface area contributed by atoms with Crippen LogP contribution in [0.15, 0.2) is 12.1 Å². The monoisotopic (exact) mass is 516 g/mol. The maximum Gasteiger partial charge on any atom is 0.326 e. The molecule has 5 rings (SSSR count). The third kappa shape index (κ3) is 3.84. The van der Waals surface area contributed by atoms with E-state index in [0.717, 1.165) is 12.1 Å². The molecular formula is C27H36N2O8. The number of Topliss-reactive ketones (excluding diaryl/α,β-unsaturated/α-hetero) is 1. The van der Waals surface area contributed by atoms with E-state index in [4.69, 9.17) is 9.84 Å². The Morgan fingerprint density at radius 1 is 1.32 bits per heavy atom. The molecule has 1 saturated heterocycles. The number of likely N-dealkylation sites (tertiary alicyclic amines) is 1. The van der Waals surface area contributed by atoms with Gasteiger partial charge < -0.3 is 25.4 Å². The minimum absolute atomic E-state index is 0.0292. The van der Waals surface area contributed by atoms with Gasteiger partial charge in [-0.15, -0.1) is 0 Å². The lowest BCUT2D eigenvalue weighted by atomic mass is 9.55. The highest BCUT2D eigenvalue weighted by atomic mass is 16.5. The molecule has 3 aliphatic carbocycles. The number of fused-ring (bicyclic) bond motifs is 2. The fourth-order valence-corrected chi connectivity index (χ4v) is 7.48. The van der Waals surface area contributed by atoms with Gasteiger partial charge in [0.25, 0.3) is 0 Å². The number of aromatic hydroxyl groups is 1. The number of benzene rings is 1. The number of carboxylic acid groups (broad SMARTS) is 1. The van der Waals surface area contributed by atoms with Crippen LogP contribution in [0.1, 0.15) is 70.4 Å². The fraction of sp³-hybridized carbons (Fsp3) is 0.630. The Hall–Kier alpha value is -2.98. The van der Waals surface area contributed by atoms with E-state index in [0.29, 0.717) is 37.7 Å². The summed E-state index contributed by atoms with van der Waals surface area (Å²) in [6.45, 7) is 6.16. The molecule has 1 aromatic carbocycles. The zero-order valence-electron chi connectivity index (χ0n) is 21.7. The lowest BCUT2D eigenvalue weighted by Crippen LogP contribution is -2.73. The quantitative estimate of drug-likeness (QED) is 0.241. The summed E-state index contributed by atoms with van der Waals surface area (Å²) in [5.74, 6) is -1.28. The van der Waals surface area contributed by atoms with Crippen molar-refractivity contribution in [1.82, 2.24) is 10.2 Å². The van der Waals surface area contributed by atoms with E-state index in [2.05, 4.69) is 10.2 Å². The first-order valence-electron chi connectivity index (χ1n) is 12.8. The number of aliphatic hydroxyl groups is 1. The van der Waals surface area contributed by atoms with Crippen LogP contribution in [-0.2, 0) is 30.0 Å². The molecule has 1 heterocycles. The Morgan fingerprint density at radius 3 is 2.57 bits per heavy atom. The number of esters is 1. The van der Waals surface area contributed by atoms with Crippen molar-refractivity contribution in [2.45, 2.75) is 87.8 Å². The second kappa shape index (κ2) is 9.40. The molecular weight excluding hydrogens is 480 g/mol. The molecule has 1 aromatic rings. The highest BCUT2D eigenvalue weighted by molar-refractivity contribution is 5.85. The van der Waals surface area contributed by atoms with Gasteiger partial charge in [-0.25, -0.2) is 4.79 Å². The third-order valence-electron chi connectivity index (χ3n) is 8.69. The van der Waals surface area contributed by atoms with Crippen molar-refractivity contribution in [3.05, 3.63) is 23.3 Å². The second-order valence-electron chi connectivity index (χ2n) is 11.3. The smallest absolute Gasteiger partial charge is 0.326 e. The molecule has 5 unspecified atom stereocenters. The second-order valence-corrected chi connectivity index (χ2v) is 11.3. The van der Waals surface area contributed by atoms with Crippen LogP contribution in [0.5, 0.6) is 11.5 Å². The maximum absolute atomic E-state index is 12.4. The number of hydrogen-bond acceptors (Lipinski definition) is 8. The summed E-state index contributed by atoms with van der Waals surface area (Å²) in [6, 6.07) is 2.79. The lowest BCUT2D eigenvalue weighted by molar-refractivity contribution is -0.152. The molecule has 2 saturated carbocycles. The highest BCUT2D eigenvalue weighted by Crippen LogP contribution is 2.74. The van der Waals surface area contributed by atoms with Gasteiger partial charge >= 0.3 is 11.9 Å².